The minimum Gasteiger partial charge on any atom is -0.344 e. The summed E-state index contributed by atoms with van der Waals surface area (Å²) in [4.78, 5) is 29.3. The molecule has 27 heavy (non-hydrogen) atoms. The Hall–Kier alpha value is -2.44. The predicted molar refractivity (Wildman–Crippen MR) is 99.8 cm³/mol. The van der Waals surface area contributed by atoms with Gasteiger partial charge in [0.2, 0.25) is 5.91 Å². The van der Waals surface area contributed by atoms with E-state index in [1.54, 1.807) is 17.8 Å². The van der Waals surface area contributed by atoms with Gasteiger partial charge in [-0.1, -0.05) is 36.4 Å². The number of nitrogens with zero attached hydrogens (tertiary/aromatic N) is 3. The highest BCUT2D eigenvalue weighted by atomic mass is 16.5. The van der Waals surface area contributed by atoms with Crippen LogP contribution >= 0.6 is 0 Å². The highest BCUT2D eigenvalue weighted by Crippen LogP contribution is 2.50. The van der Waals surface area contributed by atoms with E-state index >= 15 is 0 Å². The summed E-state index contributed by atoms with van der Waals surface area (Å²) in [6.07, 6.45) is 2.94. The maximum atomic E-state index is 12.7. The largest absolute Gasteiger partial charge is 0.344 e. The van der Waals surface area contributed by atoms with Crippen molar-refractivity contribution in [3.63, 3.8) is 0 Å². The summed E-state index contributed by atoms with van der Waals surface area (Å²) in [6, 6.07) is 13.9. The molecule has 3 aliphatic heterocycles. The number of hydrogen-bond donors (Lipinski definition) is 0. The molecule has 0 unspecified atom stereocenters. The Morgan fingerprint density at radius 3 is 2.78 bits per heavy atom. The predicted octanol–water partition coefficient (Wildman–Crippen LogP) is 1.66. The molecule has 1 aromatic carbocycles. The minimum absolute atomic E-state index is 0.00336. The van der Waals surface area contributed by atoms with Crippen LogP contribution in [0.2, 0.25) is 0 Å². The van der Waals surface area contributed by atoms with Crippen LogP contribution in [0.25, 0.3) is 0 Å². The fraction of sp³-hybridized carbons (Fsp3) is 0.429. The van der Waals surface area contributed by atoms with E-state index in [1.807, 2.05) is 35.2 Å². The van der Waals surface area contributed by atoms with Crippen molar-refractivity contribution in [2.24, 2.45) is 7.05 Å². The van der Waals surface area contributed by atoms with Gasteiger partial charge in [0.1, 0.15) is 6.10 Å². The molecule has 4 heterocycles. The number of hydrogen-bond acceptors (Lipinski definition) is 4. The molecule has 0 bridgehead atoms. The van der Waals surface area contributed by atoms with Crippen molar-refractivity contribution in [2.45, 2.75) is 37.3 Å². The van der Waals surface area contributed by atoms with Crippen LogP contribution in [-0.4, -0.2) is 45.1 Å². The third-order valence-electron chi connectivity index (χ3n) is 6.29. The van der Waals surface area contributed by atoms with Crippen molar-refractivity contribution in [3.8, 4) is 0 Å². The first-order valence-electron chi connectivity index (χ1n) is 9.50. The zero-order chi connectivity index (χ0) is 18.6. The fourth-order valence-corrected chi connectivity index (χ4v) is 4.93. The molecule has 0 radical (unpaired) electrons. The van der Waals surface area contributed by atoms with Gasteiger partial charge in [0.05, 0.1) is 12.6 Å². The van der Waals surface area contributed by atoms with E-state index in [0.717, 1.165) is 24.1 Å². The fourth-order valence-electron chi connectivity index (χ4n) is 4.93. The Balaban J connectivity index is 1.42. The Kier molecular flexibility index (Phi) is 3.74. The monoisotopic (exact) mass is 365 g/mol. The first kappa shape index (κ1) is 16.7. The van der Waals surface area contributed by atoms with Gasteiger partial charge in [0, 0.05) is 44.7 Å². The van der Waals surface area contributed by atoms with Gasteiger partial charge in [0.25, 0.3) is 5.56 Å². The second-order valence-corrected chi connectivity index (χ2v) is 7.76. The van der Waals surface area contributed by atoms with Crippen LogP contribution in [-0.2, 0) is 23.1 Å². The van der Waals surface area contributed by atoms with Gasteiger partial charge in [-0.3, -0.25) is 14.5 Å². The average Bonchev–Trinajstić information content (AvgIpc) is 3.29. The van der Waals surface area contributed by atoms with Crippen LogP contribution in [0.4, 0.5) is 0 Å². The number of rotatable bonds is 3. The molecule has 0 aliphatic carbocycles. The van der Waals surface area contributed by atoms with Crippen LogP contribution in [0.15, 0.2) is 53.5 Å². The Labute approximate surface area is 158 Å². The number of aryl methyl sites for hydroxylation is 1. The number of aromatic nitrogens is 1. The number of pyridine rings is 1. The summed E-state index contributed by atoms with van der Waals surface area (Å²) in [6.45, 7) is 1.99. The van der Waals surface area contributed by atoms with Crippen molar-refractivity contribution < 1.29 is 9.53 Å². The van der Waals surface area contributed by atoms with E-state index in [9.17, 15) is 9.59 Å². The van der Waals surface area contributed by atoms with E-state index in [1.165, 1.54) is 0 Å². The zero-order valence-corrected chi connectivity index (χ0v) is 15.4. The average molecular weight is 365 g/mol. The maximum Gasteiger partial charge on any atom is 0.254 e. The maximum absolute atomic E-state index is 12.7. The first-order chi connectivity index (χ1) is 13.1. The van der Waals surface area contributed by atoms with E-state index < -0.39 is 5.72 Å². The van der Waals surface area contributed by atoms with Crippen molar-refractivity contribution in [3.05, 3.63) is 70.1 Å². The summed E-state index contributed by atoms with van der Waals surface area (Å²) in [5.41, 5.74) is 1.36. The smallest absolute Gasteiger partial charge is 0.254 e. The lowest BCUT2D eigenvalue weighted by Gasteiger charge is -2.32. The van der Waals surface area contributed by atoms with Crippen LogP contribution in [0.3, 0.4) is 0 Å². The Bertz CT molecular complexity index is 941. The third-order valence-corrected chi connectivity index (χ3v) is 6.29. The standard InChI is InChI=1S/C21H23N3O3/c1-22-10-5-8-16(20(22)26)13-23-11-9-21-18(23)12-19(25)24(21)14-17(27-21)15-6-3-2-4-7-15/h2-8,10,17-18H,9,11-14H2,1H3/t17-,18+,21-/m0/s1. The number of carbonyl (C=O) groups is 1. The van der Waals surface area contributed by atoms with E-state index in [4.69, 9.17) is 4.74 Å². The number of likely N-dealkylation sites (tertiary alicyclic amines) is 1. The SMILES string of the molecule is Cn1cccc(CN2CC[C@@]34O[C@H](c5ccccc5)CN3C(=O)C[C@@H]24)c1=O. The molecular formula is C21H23N3O3. The zero-order valence-electron chi connectivity index (χ0n) is 15.4. The Morgan fingerprint density at radius 1 is 1.15 bits per heavy atom. The van der Waals surface area contributed by atoms with E-state index in [2.05, 4.69) is 17.0 Å². The molecule has 0 saturated carbocycles. The molecule has 0 N–H and O–H groups in total. The van der Waals surface area contributed by atoms with Gasteiger partial charge < -0.3 is 14.2 Å². The van der Waals surface area contributed by atoms with E-state index in [-0.39, 0.29) is 23.6 Å². The molecular weight excluding hydrogens is 342 g/mol. The van der Waals surface area contributed by atoms with Gasteiger partial charge >= 0.3 is 0 Å². The van der Waals surface area contributed by atoms with Gasteiger partial charge in [-0.15, -0.1) is 0 Å². The molecule has 140 valence electrons. The third kappa shape index (κ3) is 2.47. The van der Waals surface area contributed by atoms with Crippen LogP contribution in [0, 0.1) is 0 Å². The highest BCUT2D eigenvalue weighted by Gasteiger charge is 2.63. The van der Waals surface area contributed by atoms with Gasteiger partial charge in [-0.2, -0.15) is 0 Å². The first-order valence-corrected chi connectivity index (χ1v) is 9.50. The summed E-state index contributed by atoms with van der Waals surface area (Å²) in [5.74, 6) is 0.157. The van der Waals surface area contributed by atoms with Crippen molar-refractivity contribution in [1.82, 2.24) is 14.4 Å². The van der Waals surface area contributed by atoms with Gasteiger partial charge in [-0.25, -0.2) is 0 Å². The molecule has 1 spiro atoms. The lowest BCUT2D eigenvalue weighted by atomic mass is 10.1. The van der Waals surface area contributed by atoms with E-state index in [0.29, 0.717) is 19.5 Å². The quantitative estimate of drug-likeness (QED) is 0.830. The molecule has 1 aromatic heterocycles. The molecule has 6 nitrogen and oxygen atoms in total. The molecule has 1 amide bonds. The summed E-state index contributed by atoms with van der Waals surface area (Å²) < 4.78 is 8.16. The van der Waals surface area contributed by atoms with Crippen molar-refractivity contribution in [2.75, 3.05) is 13.1 Å². The second kappa shape index (κ2) is 6.04. The summed E-state index contributed by atoms with van der Waals surface area (Å²) >= 11 is 0. The van der Waals surface area contributed by atoms with Gasteiger partial charge in [-0.05, 0) is 11.6 Å². The Morgan fingerprint density at radius 2 is 1.96 bits per heavy atom. The number of amides is 1. The van der Waals surface area contributed by atoms with Crippen LogP contribution < -0.4 is 5.56 Å². The van der Waals surface area contributed by atoms with Crippen molar-refractivity contribution in [1.29, 1.82) is 0 Å². The van der Waals surface area contributed by atoms with Crippen LogP contribution in [0.5, 0.6) is 0 Å². The number of carbonyl (C=O) groups excluding carboxylic acids is 1. The molecule has 3 fully saturated rings. The molecule has 2 aromatic rings. The second-order valence-electron chi connectivity index (χ2n) is 7.76. The summed E-state index contributed by atoms with van der Waals surface area (Å²) in [7, 11) is 1.77. The van der Waals surface area contributed by atoms with Crippen molar-refractivity contribution >= 4 is 5.91 Å². The number of ether oxygens (including phenoxy) is 1. The lowest BCUT2D eigenvalue weighted by Crippen LogP contribution is -2.47. The summed E-state index contributed by atoms with van der Waals surface area (Å²) in [5, 5.41) is 0. The molecule has 3 aliphatic rings. The van der Waals surface area contributed by atoms with Gasteiger partial charge in [0.15, 0.2) is 5.72 Å². The molecule has 6 heteroatoms. The number of benzene rings is 1. The molecule has 3 atom stereocenters. The highest BCUT2D eigenvalue weighted by molar-refractivity contribution is 5.81. The molecule has 5 rings (SSSR count). The molecule has 3 saturated heterocycles. The lowest BCUT2D eigenvalue weighted by molar-refractivity contribution is -0.138. The van der Waals surface area contributed by atoms with Crippen LogP contribution in [0.1, 0.15) is 30.1 Å². The normalized spacial score (nSPS) is 30.0. The topological polar surface area (TPSA) is 54.8 Å². The minimum atomic E-state index is -0.544.